The van der Waals surface area contributed by atoms with Gasteiger partial charge in [-0.3, -0.25) is 9.59 Å². The fraction of sp³-hybridized carbons (Fsp3) is 0.273. The van der Waals surface area contributed by atoms with E-state index < -0.39 is 17.8 Å². The number of phenolic OH excluding ortho intramolecular Hbond substituents is 1. The molecule has 0 heterocycles. The van der Waals surface area contributed by atoms with E-state index in [1.54, 1.807) is 6.07 Å². The molecule has 0 radical (unpaired) electrons. The molecule has 0 spiro atoms. The third-order valence-electron chi connectivity index (χ3n) is 2.19. The number of amides is 1. The molecule has 1 aromatic rings. The molecule has 5 nitrogen and oxygen atoms in total. The molecule has 0 aliphatic heterocycles. The molecule has 1 rings (SSSR count). The molecule has 0 bridgehead atoms. The van der Waals surface area contributed by atoms with E-state index in [0.717, 1.165) is 3.57 Å². The highest BCUT2D eigenvalue weighted by atomic mass is 127. The van der Waals surface area contributed by atoms with Crippen molar-refractivity contribution in [3.63, 3.8) is 0 Å². The first kappa shape index (κ1) is 13.8. The van der Waals surface area contributed by atoms with Gasteiger partial charge < -0.3 is 15.5 Å². The molecule has 1 aromatic carbocycles. The number of aromatic hydroxyl groups is 1. The summed E-state index contributed by atoms with van der Waals surface area (Å²) in [5.41, 5.74) is 0.148. The fourth-order valence-corrected chi connectivity index (χ4v) is 1.61. The van der Waals surface area contributed by atoms with Crippen molar-refractivity contribution < 1.29 is 19.8 Å². The Morgan fingerprint density at radius 2 is 2.12 bits per heavy atom. The second kappa shape index (κ2) is 5.85. The van der Waals surface area contributed by atoms with Crippen LogP contribution in [0, 0.1) is 9.49 Å². The largest absolute Gasteiger partial charge is 0.507 e. The van der Waals surface area contributed by atoms with Gasteiger partial charge in [0.25, 0.3) is 5.91 Å². The predicted molar refractivity (Wildman–Crippen MR) is 70.0 cm³/mol. The third kappa shape index (κ3) is 3.88. The van der Waals surface area contributed by atoms with Crippen LogP contribution in [-0.4, -0.2) is 28.6 Å². The molecule has 92 valence electrons. The van der Waals surface area contributed by atoms with Crippen LogP contribution < -0.4 is 5.32 Å². The molecule has 17 heavy (non-hydrogen) atoms. The maximum Gasteiger partial charge on any atom is 0.308 e. The van der Waals surface area contributed by atoms with Crippen molar-refractivity contribution in [3.8, 4) is 5.75 Å². The summed E-state index contributed by atoms with van der Waals surface area (Å²) in [5, 5.41) is 20.6. The number of carboxylic acid groups (broad SMARTS) is 1. The van der Waals surface area contributed by atoms with Crippen LogP contribution in [0.4, 0.5) is 0 Å². The third-order valence-corrected chi connectivity index (χ3v) is 2.86. The van der Waals surface area contributed by atoms with Crippen LogP contribution in [0.1, 0.15) is 17.3 Å². The lowest BCUT2D eigenvalue weighted by molar-refractivity contribution is -0.140. The lowest BCUT2D eigenvalue weighted by Gasteiger charge is -2.09. The molecule has 0 aromatic heterocycles. The Morgan fingerprint density at radius 1 is 1.47 bits per heavy atom. The van der Waals surface area contributed by atoms with E-state index in [1.807, 2.05) is 22.6 Å². The van der Waals surface area contributed by atoms with Crippen LogP contribution in [0.3, 0.4) is 0 Å². The molecule has 0 fully saturated rings. The van der Waals surface area contributed by atoms with Gasteiger partial charge in [-0.25, -0.2) is 0 Å². The summed E-state index contributed by atoms with van der Waals surface area (Å²) in [6, 6.07) is 4.64. The van der Waals surface area contributed by atoms with Gasteiger partial charge in [-0.05, 0) is 40.8 Å². The average Bonchev–Trinajstić information content (AvgIpc) is 2.28. The van der Waals surface area contributed by atoms with Gasteiger partial charge >= 0.3 is 5.97 Å². The van der Waals surface area contributed by atoms with Crippen molar-refractivity contribution in [2.24, 2.45) is 5.92 Å². The highest BCUT2D eigenvalue weighted by Crippen LogP contribution is 2.19. The van der Waals surface area contributed by atoms with Gasteiger partial charge in [0, 0.05) is 10.1 Å². The number of carboxylic acids is 1. The van der Waals surface area contributed by atoms with Crippen LogP contribution >= 0.6 is 22.6 Å². The monoisotopic (exact) mass is 349 g/mol. The van der Waals surface area contributed by atoms with Crippen molar-refractivity contribution in [2.45, 2.75) is 6.92 Å². The standard InChI is InChI=1S/C11H12INO4/c1-6(11(16)17)5-13-10(15)8-4-7(12)2-3-9(8)14/h2-4,6,14H,5H2,1H3,(H,13,15)(H,16,17). The van der Waals surface area contributed by atoms with Crippen LogP contribution in [-0.2, 0) is 4.79 Å². The number of halogens is 1. The summed E-state index contributed by atoms with van der Waals surface area (Å²) in [6.07, 6.45) is 0. The Balaban J connectivity index is 2.70. The van der Waals surface area contributed by atoms with Crippen molar-refractivity contribution in [1.82, 2.24) is 5.32 Å². The summed E-state index contributed by atoms with van der Waals surface area (Å²) in [5.74, 6) is -2.24. The molecule has 0 saturated heterocycles. The summed E-state index contributed by atoms with van der Waals surface area (Å²) >= 11 is 2.02. The molecule has 0 aliphatic rings. The minimum absolute atomic E-state index is 0.0269. The molecular formula is C11H12INO4. The topological polar surface area (TPSA) is 86.6 Å². The molecule has 1 unspecified atom stereocenters. The second-order valence-electron chi connectivity index (χ2n) is 3.61. The molecule has 3 N–H and O–H groups in total. The van der Waals surface area contributed by atoms with Crippen molar-refractivity contribution in [2.75, 3.05) is 6.54 Å². The van der Waals surface area contributed by atoms with Gasteiger partial charge in [-0.1, -0.05) is 6.92 Å². The first-order valence-corrected chi connectivity index (χ1v) is 5.99. The minimum atomic E-state index is -0.975. The van der Waals surface area contributed by atoms with Gasteiger partial charge in [-0.15, -0.1) is 0 Å². The van der Waals surface area contributed by atoms with Crippen LogP contribution in [0.5, 0.6) is 5.75 Å². The zero-order valence-electron chi connectivity index (χ0n) is 9.11. The Labute approximate surface area is 112 Å². The average molecular weight is 349 g/mol. The SMILES string of the molecule is CC(CNC(=O)c1cc(I)ccc1O)C(=O)O. The maximum atomic E-state index is 11.7. The predicted octanol–water partition coefficient (Wildman–Crippen LogP) is 1.45. The van der Waals surface area contributed by atoms with E-state index in [4.69, 9.17) is 5.11 Å². The maximum absolute atomic E-state index is 11.7. The van der Waals surface area contributed by atoms with E-state index in [2.05, 4.69) is 5.32 Å². The molecule has 1 atom stereocenters. The number of phenols is 1. The quantitative estimate of drug-likeness (QED) is 0.718. The fourth-order valence-electron chi connectivity index (χ4n) is 1.12. The Hall–Kier alpha value is -1.31. The van der Waals surface area contributed by atoms with Gasteiger partial charge in [0.2, 0.25) is 0 Å². The van der Waals surface area contributed by atoms with Gasteiger partial charge in [0.05, 0.1) is 11.5 Å². The van der Waals surface area contributed by atoms with Crippen molar-refractivity contribution in [1.29, 1.82) is 0 Å². The number of nitrogens with one attached hydrogen (secondary N) is 1. The smallest absolute Gasteiger partial charge is 0.308 e. The number of carbonyl (C=O) groups is 2. The van der Waals surface area contributed by atoms with Crippen LogP contribution in [0.15, 0.2) is 18.2 Å². The lowest BCUT2D eigenvalue weighted by Crippen LogP contribution is -2.31. The number of hydrogen-bond donors (Lipinski definition) is 3. The molecule has 6 heteroatoms. The van der Waals surface area contributed by atoms with E-state index in [1.165, 1.54) is 19.1 Å². The molecule has 0 aliphatic carbocycles. The van der Waals surface area contributed by atoms with Gasteiger partial charge in [0.1, 0.15) is 5.75 Å². The van der Waals surface area contributed by atoms with E-state index in [9.17, 15) is 14.7 Å². The van der Waals surface area contributed by atoms with Crippen LogP contribution in [0.2, 0.25) is 0 Å². The second-order valence-corrected chi connectivity index (χ2v) is 4.86. The van der Waals surface area contributed by atoms with Gasteiger partial charge in [-0.2, -0.15) is 0 Å². The zero-order valence-corrected chi connectivity index (χ0v) is 11.3. The molecular weight excluding hydrogens is 337 g/mol. The first-order chi connectivity index (χ1) is 7.91. The summed E-state index contributed by atoms with van der Waals surface area (Å²) in [6.45, 7) is 1.52. The summed E-state index contributed by atoms with van der Waals surface area (Å²) in [7, 11) is 0. The van der Waals surface area contributed by atoms with E-state index in [-0.39, 0.29) is 17.9 Å². The van der Waals surface area contributed by atoms with Crippen molar-refractivity contribution in [3.05, 3.63) is 27.3 Å². The molecule has 1 amide bonds. The number of aliphatic carboxylic acids is 1. The van der Waals surface area contributed by atoms with Crippen molar-refractivity contribution >= 4 is 34.5 Å². The lowest BCUT2D eigenvalue weighted by atomic mass is 10.1. The molecule has 0 saturated carbocycles. The number of hydrogen-bond acceptors (Lipinski definition) is 3. The first-order valence-electron chi connectivity index (χ1n) is 4.91. The van der Waals surface area contributed by atoms with Gasteiger partial charge in [0.15, 0.2) is 0 Å². The summed E-state index contributed by atoms with van der Waals surface area (Å²) in [4.78, 5) is 22.2. The minimum Gasteiger partial charge on any atom is -0.507 e. The highest BCUT2D eigenvalue weighted by Gasteiger charge is 2.15. The number of carbonyl (C=O) groups excluding carboxylic acids is 1. The number of benzene rings is 1. The van der Waals surface area contributed by atoms with Crippen LogP contribution in [0.25, 0.3) is 0 Å². The summed E-state index contributed by atoms with van der Waals surface area (Å²) < 4.78 is 0.817. The van der Waals surface area contributed by atoms with E-state index in [0.29, 0.717) is 0 Å². The Kier molecular flexibility index (Phi) is 4.73. The Bertz CT molecular complexity index is 447. The highest BCUT2D eigenvalue weighted by molar-refractivity contribution is 14.1. The van der Waals surface area contributed by atoms with E-state index >= 15 is 0 Å². The normalized spacial score (nSPS) is 11.9. The zero-order chi connectivity index (χ0) is 13.0. The Morgan fingerprint density at radius 3 is 2.71 bits per heavy atom. The number of rotatable bonds is 4.